The van der Waals surface area contributed by atoms with E-state index in [0.29, 0.717) is 21.9 Å². The molecule has 0 fully saturated rings. The summed E-state index contributed by atoms with van der Waals surface area (Å²) in [6, 6.07) is 9.13. The van der Waals surface area contributed by atoms with Crippen molar-refractivity contribution in [2.24, 2.45) is 0 Å². The van der Waals surface area contributed by atoms with Gasteiger partial charge >= 0.3 is 0 Å². The van der Waals surface area contributed by atoms with Gasteiger partial charge in [-0.25, -0.2) is 0 Å². The number of rotatable bonds is 2. The van der Waals surface area contributed by atoms with Gasteiger partial charge in [0.15, 0.2) is 5.76 Å². The molecule has 5 heteroatoms. The van der Waals surface area contributed by atoms with Crippen LogP contribution in [0.15, 0.2) is 51.7 Å². The van der Waals surface area contributed by atoms with Crippen molar-refractivity contribution in [1.82, 2.24) is 10.2 Å². The van der Waals surface area contributed by atoms with Crippen LogP contribution in [0.5, 0.6) is 0 Å². The molecule has 0 aliphatic rings. The first-order valence-corrected chi connectivity index (χ1v) is 5.43. The van der Waals surface area contributed by atoms with E-state index in [0.717, 1.165) is 5.56 Å². The SMILES string of the molecule is S=c1cc(-c2ccco2)c(-c2ccco2)n[nH]1. The van der Waals surface area contributed by atoms with Crippen LogP contribution in [0.25, 0.3) is 22.8 Å². The lowest BCUT2D eigenvalue weighted by Gasteiger charge is -2.02. The molecule has 0 saturated carbocycles. The van der Waals surface area contributed by atoms with Crippen molar-refractivity contribution < 1.29 is 8.83 Å². The fraction of sp³-hybridized carbons (Fsp3) is 0. The van der Waals surface area contributed by atoms with Gasteiger partial charge in [0, 0.05) is 0 Å². The van der Waals surface area contributed by atoms with Crippen LogP contribution < -0.4 is 0 Å². The molecule has 0 unspecified atom stereocenters. The first kappa shape index (κ1) is 10.0. The summed E-state index contributed by atoms with van der Waals surface area (Å²) < 4.78 is 11.3. The molecule has 0 amide bonds. The molecular weight excluding hydrogens is 236 g/mol. The number of nitrogens with one attached hydrogen (secondary N) is 1. The molecular formula is C12H8N2O2S. The van der Waals surface area contributed by atoms with E-state index in [1.807, 2.05) is 24.3 Å². The Bertz CT molecular complexity index is 669. The lowest BCUT2D eigenvalue weighted by molar-refractivity contribution is 0.572. The molecule has 1 N–H and O–H groups in total. The second kappa shape index (κ2) is 4.03. The predicted molar refractivity (Wildman–Crippen MR) is 64.8 cm³/mol. The van der Waals surface area contributed by atoms with Gasteiger partial charge in [-0.2, -0.15) is 5.10 Å². The fourth-order valence-corrected chi connectivity index (χ4v) is 1.79. The van der Waals surface area contributed by atoms with Gasteiger partial charge in [0.1, 0.15) is 16.1 Å². The van der Waals surface area contributed by atoms with E-state index in [1.54, 1.807) is 18.6 Å². The Hall–Kier alpha value is -2.14. The summed E-state index contributed by atoms with van der Waals surface area (Å²) >= 11 is 5.07. The van der Waals surface area contributed by atoms with Gasteiger partial charge < -0.3 is 8.83 Å². The molecule has 3 rings (SSSR count). The number of aromatic amines is 1. The summed E-state index contributed by atoms with van der Waals surface area (Å²) in [5.41, 5.74) is 1.49. The van der Waals surface area contributed by atoms with Crippen LogP contribution in [0.3, 0.4) is 0 Å². The van der Waals surface area contributed by atoms with Crippen LogP contribution in [0, 0.1) is 4.64 Å². The maximum absolute atomic E-state index is 5.37. The van der Waals surface area contributed by atoms with E-state index >= 15 is 0 Å². The Balaban J connectivity index is 2.26. The summed E-state index contributed by atoms with van der Waals surface area (Å²) in [4.78, 5) is 0. The normalized spacial score (nSPS) is 10.6. The number of nitrogens with zero attached hydrogens (tertiary/aromatic N) is 1. The van der Waals surface area contributed by atoms with Crippen molar-refractivity contribution in [2.75, 3.05) is 0 Å². The van der Waals surface area contributed by atoms with Gasteiger partial charge in [-0.05, 0) is 30.3 Å². The molecule has 0 spiro atoms. The Labute approximate surface area is 102 Å². The molecule has 0 radical (unpaired) electrons. The van der Waals surface area contributed by atoms with E-state index in [1.165, 1.54) is 0 Å². The minimum atomic E-state index is 0.548. The van der Waals surface area contributed by atoms with Crippen molar-refractivity contribution >= 4 is 12.2 Å². The summed E-state index contributed by atoms with van der Waals surface area (Å²) in [5.74, 6) is 1.38. The van der Waals surface area contributed by atoms with E-state index in [4.69, 9.17) is 21.1 Å². The Morgan fingerprint density at radius 1 is 1.06 bits per heavy atom. The molecule has 0 atom stereocenters. The molecule has 0 bridgehead atoms. The van der Waals surface area contributed by atoms with Crippen LogP contribution in [0.4, 0.5) is 0 Å². The Morgan fingerprint density at radius 2 is 1.76 bits per heavy atom. The van der Waals surface area contributed by atoms with Gasteiger partial charge in [0.2, 0.25) is 0 Å². The van der Waals surface area contributed by atoms with Gasteiger partial charge in [-0.3, -0.25) is 5.10 Å². The van der Waals surface area contributed by atoms with Crippen molar-refractivity contribution in [3.05, 3.63) is 47.5 Å². The molecule has 0 aromatic carbocycles. The van der Waals surface area contributed by atoms with E-state index in [9.17, 15) is 0 Å². The standard InChI is InChI=1S/C12H8N2O2S/c17-11-7-8(9-3-1-5-15-9)12(14-13-11)10-4-2-6-16-10/h1-7H,(H,13,17). The lowest BCUT2D eigenvalue weighted by Crippen LogP contribution is -1.90. The number of hydrogen-bond acceptors (Lipinski definition) is 4. The summed E-state index contributed by atoms with van der Waals surface area (Å²) in [7, 11) is 0. The summed E-state index contributed by atoms with van der Waals surface area (Å²) in [6.45, 7) is 0. The van der Waals surface area contributed by atoms with E-state index in [-0.39, 0.29) is 0 Å². The lowest BCUT2D eigenvalue weighted by atomic mass is 10.1. The van der Waals surface area contributed by atoms with Gasteiger partial charge in [-0.15, -0.1) is 0 Å². The minimum Gasteiger partial charge on any atom is -0.464 e. The first-order valence-electron chi connectivity index (χ1n) is 5.02. The minimum absolute atomic E-state index is 0.548. The van der Waals surface area contributed by atoms with Gasteiger partial charge in [0.05, 0.1) is 18.1 Å². The maximum Gasteiger partial charge on any atom is 0.154 e. The van der Waals surface area contributed by atoms with Gasteiger partial charge in [-0.1, -0.05) is 12.2 Å². The molecule has 0 aliphatic carbocycles. The van der Waals surface area contributed by atoms with Crippen molar-refractivity contribution in [3.8, 4) is 22.8 Å². The Morgan fingerprint density at radius 3 is 2.41 bits per heavy atom. The van der Waals surface area contributed by atoms with Crippen LogP contribution in [-0.2, 0) is 0 Å². The van der Waals surface area contributed by atoms with E-state index < -0.39 is 0 Å². The molecule has 3 aromatic rings. The quantitative estimate of drug-likeness (QED) is 0.699. The average molecular weight is 244 g/mol. The number of aromatic nitrogens is 2. The molecule has 4 nitrogen and oxygen atoms in total. The molecule has 3 aromatic heterocycles. The van der Waals surface area contributed by atoms with Crippen LogP contribution in [0.1, 0.15) is 0 Å². The average Bonchev–Trinajstić information content (AvgIpc) is 3.02. The number of furan rings is 2. The third kappa shape index (κ3) is 1.81. The molecule has 0 aliphatic heterocycles. The molecule has 84 valence electrons. The second-order valence-corrected chi connectivity index (χ2v) is 3.89. The third-order valence-corrected chi connectivity index (χ3v) is 2.56. The maximum atomic E-state index is 5.37. The second-order valence-electron chi connectivity index (χ2n) is 3.45. The first-order chi connectivity index (χ1) is 8.34. The zero-order chi connectivity index (χ0) is 11.7. The largest absolute Gasteiger partial charge is 0.464 e. The van der Waals surface area contributed by atoms with Crippen LogP contribution in [-0.4, -0.2) is 10.2 Å². The monoisotopic (exact) mass is 244 g/mol. The van der Waals surface area contributed by atoms with Gasteiger partial charge in [0.25, 0.3) is 0 Å². The molecule has 0 saturated heterocycles. The summed E-state index contributed by atoms with van der Waals surface area (Å²) in [6.07, 6.45) is 3.21. The zero-order valence-corrected chi connectivity index (χ0v) is 9.53. The number of hydrogen-bond donors (Lipinski definition) is 1. The van der Waals surface area contributed by atoms with Crippen molar-refractivity contribution in [2.45, 2.75) is 0 Å². The molecule has 3 heterocycles. The highest BCUT2D eigenvalue weighted by Gasteiger charge is 2.13. The van der Waals surface area contributed by atoms with Crippen LogP contribution >= 0.6 is 12.2 Å². The van der Waals surface area contributed by atoms with Crippen molar-refractivity contribution in [3.63, 3.8) is 0 Å². The Kier molecular flexibility index (Phi) is 2.38. The highest BCUT2D eigenvalue weighted by Crippen LogP contribution is 2.30. The highest BCUT2D eigenvalue weighted by molar-refractivity contribution is 7.71. The number of H-pyrrole nitrogens is 1. The molecule has 17 heavy (non-hydrogen) atoms. The van der Waals surface area contributed by atoms with Crippen molar-refractivity contribution in [1.29, 1.82) is 0 Å². The zero-order valence-electron chi connectivity index (χ0n) is 8.71. The van der Waals surface area contributed by atoms with Crippen LogP contribution in [0.2, 0.25) is 0 Å². The van der Waals surface area contributed by atoms with E-state index in [2.05, 4.69) is 10.2 Å². The smallest absolute Gasteiger partial charge is 0.154 e. The fourth-order valence-electron chi connectivity index (χ4n) is 1.62. The summed E-state index contributed by atoms with van der Waals surface area (Å²) in [5, 5.41) is 6.95. The predicted octanol–water partition coefficient (Wildman–Crippen LogP) is 3.66. The topological polar surface area (TPSA) is 55.0 Å². The highest BCUT2D eigenvalue weighted by atomic mass is 32.1. The third-order valence-electron chi connectivity index (χ3n) is 2.35.